The number of aryl methyl sites for hydroxylation is 2. The van der Waals surface area contributed by atoms with Crippen molar-refractivity contribution in [3.8, 4) is 0 Å². The molecule has 0 aliphatic heterocycles. The van der Waals surface area contributed by atoms with E-state index in [2.05, 4.69) is 74.7 Å². The summed E-state index contributed by atoms with van der Waals surface area (Å²) < 4.78 is 0. The molecule has 3 rings (SSSR count). The quantitative estimate of drug-likeness (QED) is 0.539. The Morgan fingerprint density at radius 2 is 1.70 bits per heavy atom. The highest BCUT2D eigenvalue weighted by Crippen LogP contribution is 2.17. The number of nitrogens with one attached hydrogen (secondary N) is 1. The van der Waals surface area contributed by atoms with E-state index in [1.54, 1.807) is 6.20 Å². The van der Waals surface area contributed by atoms with Crippen molar-refractivity contribution in [1.29, 1.82) is 0 Å². The van der Waals surface area contributed by atoms with Crippen LogP contribution in [0.2, 0.25) is 0 Å². The van der Waals surface area contributed by atoms with Crippen LogP contribution in [-0.4, -0.2) is 4.98 Å². The van der Waals surface area contributed by atoms with Gasteiger partial charge in [-0.2, -0.15) is 0 Å². The summed E-state index contributed by atoms with van der Waals surface area (Å²) in [5.74, 6) is 0.900. The molecule has 0 saturated carbocycles. The lowest BCUT2D eigenvalue weighted by Crippen LogP contribution is -2.09. The third-order valence-corrected chi connectivity index (χ3v) is 4.72. The average Bonchev–Trinajstić information content (AvgIpc) is 2.74. The van der Waals surface area contributed by atoms with E-state index < -0.39 is 0 Å². The topological polar surface area (TPSA) is 24.9 Å². The van der Waals surface area contributed by atoms with Crippen LogP contribution < -0.4 is 10.6 Å². The molecule has 0 aliphatic rings. The Hall–Kier alpha value is -2.44. The fourth-order valence-electron chi connectivity index (χ4n) is 2.84. The van der Waals surface area contributed by atoms with E-state index in [0.29, 0.717) is 0 Å². The van der Waals surface area contributed by atoms with E-state index in [-0.39, 0.29) is 0 Å². The molecule has 1 aromatic heterocycles. The summed E-state index contributed by atoms with van der Waals surface area (Å²) in [6, 6.07) is 21.2. The van der Waals surface area contributed by atoms with Crippen LogP contribution >= 0.6 is 9.24 Å². The Balaban J connectivity index is 0.00000126. The van der Waals surface area contributed by atoms with Gasteiger partial charge in [0, 0.05) is 18.0 Å². The summed E-state index contributed by atoms with van der Waals surface area (Å²) in [5.41, 5.74) is 5.13. The fourth-order valence-corrected chi connectivity index (χ4v) is 3.13. The van der Waals surface area contributed by atoms with Crippen LogP contribution in [0, 0.1) is 0 Å². The van der Waals surface area contributed by atoms with Crippen molar-refractivity contribution in [2.45, 2.75) is 33.2 Å². The minimum absolute atomic E-state index is 0.735. The predicted molar refractivity (Wildman–Crippen MR) is 123 cm³/mol. The van der Waals surface area contributed by atoms with Crippen molar-refractivity contribution in [3.63, 3.8) is 0 Å². The van der Waals surface area contributed by atoms with E-state index in [4.69, 9.17) is 0 Å². The van der Waals surface area contributed by atoms with Gasteiger partial charge in [-0.1, -0.05) is 75.0 Å². The molecule has 1 atom stereocenters. The van der Waals surface area contributed by atoms with Gasteiger partial charge in [0.1, 0.15) is 5.82 Å². The first-order valence-electron chi connectivity index (χ1n) is 9.49. The summed E-state index contributed by atoms with van der Waals surface area (Å²) in [6.45, 7) is 8.67. The van der Waals surface area contributed by atoms with E-state index in [1.165, 1.54) is 16.7 Å². The minimum Gasteiger partial charge on any atom is -0.365 e. The second kappa shape index (κ2) is 11.3. The van der Waals surface area contributed by atoms with E-state index in [0.717, 1.165) is 36.1 Å². The van der Waals surface area contributed by atoms with E-state index >= 15 is 0 Å². The second-order valence-corrected chi connectivity index (χ2v) is 6.64. The first-order chi connectivity index (χ1) is 13.3. The van der Waals surface area contributed by atoms with Gasteiger partial charge in [-0.15, -0.1) is 9.24 Å². The Morgan fingerprint density at radius 1 is 0.963 bits per heavy atom. The molecule has 0 amide bonds. The van der Waals surface area contributed by atoms with Crippen molar-refractivity contribution < 1.29 is 0 Å². The number of aromatic nitrogens is 1. The van der Waals surface area contributed by atoms with Gasteiger partial charge >= 0.3 is 0 Å². The van der Waals surface area contributed by atoms with Gasteiger partial charge in [0.2, 0.25) is 0 Å². The number of anilines is 1. The lowest BCUT2D eigenvalue weighted by molar-refractivity contribution is 0.953. The monoisotopic (exact) mass is 376 g/mol. The van der Waals surface area contributed by atoms with E-state index in [1.807, 2.05) is 32.1 Å². The first-order valence-corrected chi connectivity index (χ1v) is 10.1. The number of nitrogens with zero attached hydrogens (tertiary/aromatic N) is 1. The molecule has 0 bridgehead atoms. The van der Waals surface area contributed by atoms with Crippen molar-refractivity contribution >= 4 is 26.4 Å². The molecular weight excluding hydrogens is 347 g/mol. The van der Waals surface area contributed by atoms with Crippen LogP contribution in [0.3, 0.4) is 0 Å². The number of benzene rings is 2. The molecule has 1 N–H and O–H groups in total. The number of rotatable bonds is 7. The summed E-state index contributed by atoms with van der Waals surface area (Å²) in [4.78, 5) is 4.39. The lowest BCUT2D eigenvalue weighted by atomic mass is 9.99. The molecule has 2 nitrogen and oxygen atoms in total. The smallest absolute Gasteiger partial charge is 0.133 e. The molecule has 0 radical (unpaired) electrons. The standard InChI is InChI=1S/C22H23N2P.C2H6/c1-2-19-13-12-18(11-10-17-7-4-3-5-8-17)15-20(19)16-24-22-21(25)9-6-14-23-22;1-2/h2-9,12-15H,1,10-11,16,25H2,(H,23,24);1-2H3. The summed E-state index contributed by atoms with van der Waals surface area (Å²) >= 11 is 0. The average molecular weight is 376 g/mol. The Kier molecular flexibility index (Phi) is 8.74. The molecule has 140 valence electrons. The third-order valence-electron chi connectivity index (χ3n) is 4.26. The number of hydrogen-bond acceptors (Lipinski definition) is 2. The highest BCUT2D eigenvalue weighted by Gasteiger charge is 2.05. The largest absolute Gasteiger partial charge is 0.365 e. The van der Waals surface area contributed by atoms with Crippen LogP contribution in [0.1, 0.15) is 36.1 Å². The highest BCUT2D eigenvalue weighted by molar-refractivity contribution is 7.28. The molecule has 2 aromatic carbocycles. The maximum Gasteiger partial charge on any atom is 0.133 e. The first kappa shape index (κ1) is 20.9. The van der Waals surface area contributed by atoms with Crippen molar-refractivity contribution in [2.75, 3.05) is 5.32 Å². The molecule has 0 fully saturated rings. The zero-order valence-corrected chi connectivity index (χ0v) is 17.4. The maximum atomic E-state index is 4.39. The zero-order chi connectivity index (χ0) is 19.5. The van der Waals surface area contributed by atoms with E-state index in [9.17, 15) is 0 Å². The van der Waals surface area contributed by atoms with Crippen LogP contribution in [0.4, 0.5) is 5.82 Å². The maximum absolute atomic E-state index is 4.39. The zero-order valence-electron chi connectivity index (χ0n) is 16.3. The normalized spacial score (nSPS) is 9.89. The van der Waals surface area contributed by atoms with Crippen LogP contribution in [0.25, 0.3) is 6.08 Å². The second-order valence-electron chi connectivity index (χ2n) is 6.02. The van der Waals surface area contributed by atoms with Crippen molar-refractivity contribution in [3.05, 3.63) is 95.7 Å². The summed E-state index contributed by atoms with van der Waals surface area (Å²) in [7, 11) is 2.72. The van der Waals surface area contributed by atoms with Gasteiger partial charge in [-0.25, -0.2) is 4.98 Å². The number of hydrogen-bond donors (Lipinski definition) is 1. The Morgan fingerprint density at radius 3 is 2.41 bits per heavy atom. The van der Waals surface area contributed by atoms with Crippen molar-refractivity contribution in [1.82, 2.24) is 4.98 Å². The lowest BCUT2D eigenvalue weighted by Gasteiger charge is -2.12. The Labute approximate surface area is 166 Å². The molecule has 0 aliphatic carbocycles. The number of pyridine rings is 1. The molecule has 3 aromatic rings. The molecular formula is C24H29N2P. The molecule has 27 heavy (non-hydrogen) atoms. The van der Waals surface area contributed by atoms with Gasteiger partial charge < -0.3 is 5.32 Å². The summed E-state index contributed by atoms with van der Waals surface area (Å²) in [6.07, 6.45) is 5.81. The van der Waals surface area contributed by atoms with Crippen LogP contribution in [0.15, 0.2) is 73.4 Å². The van der Waals surface area contributed by atoms with Crippen molar-refractivity contribution in [2.24, 2.45) is 0 Å². The SMILES string of the molecule is C=Cc1ccc(CCc2ccccc2)cc1CNc1ncccc1P.CC. The van der Waals surface area contributed by atoms with Gasteiger partial charge in [0.25, 0.3) is 0 Å². The predicted octanol–water partition coefficient (Wildman–Crippen LogP) is 5.65. The molecule has 0 saturated heterocycles. The molecule has 1 unspecified atom stereocenters. The van der Waals surface area contributed by atoms with Gasteiger partial charge in [0.05, 0.1) is 0 Å². The minimum atomic E-state index is 0.735. The van der Waals surface area contributed by atoms with Gasteiger partial charge in [-0.05, 0) is 47.2 Å². The molecule has 3 heteroatoms. The van der Waals surface area contributed by atoms with Crippen LogP contribution in [-0.2, 0) is 19.4 Å². The summed E-state index contributed by atoms with van der Waals surface area (Å²) in [5, 5.41) is 4.50. The Bertz CT molecular complexity index is 844. The van der Waals surface area contributed by atoms with Gasteiger partial charge in [-0.3, -0.25) is 0 Å². The van der Waals surface area contributed by atoms with Gasteiger partial charge in [0.15, 0.2) is 0 Å². The fraction of sp³-hybridized carbons (Fsp3) is 0.208. The molecule has 0 spiro atoms. The van der Waals surface area contributed by atoms with Crippen LogP contribution in [0.5, 0.6) is 0 Å². The third kappa shape index (κ3) is 6.34. The molecule has 1 heterocycles. The highest BCUT2D eigenvalue weighted by atomic mass is 31.0.